The summed E-state index contributed by atoms with van der Waals surface area (Å²) >= 11 is 1.42. The SMILES string of the molecule is CC(C)c1cnccc1C(Sc1cccc([N+](=O)[O-])c1)c1nccn1C=O. The second-order valence-corrected chi connectivity index (χ2v) is 7.39. The number of hydrogen-bond donors (Lipinski definition) is 0. The molecule has 2 aromatic heterocycles. The minimum atomic E-state index is -0.419. The van der Waals surface area contributed by atoms with Crippen molar-refractivity contribution in [2.45, 2.75) is 29.9 Å². The molecule has 0 saturated heterocycles. The maximum atomic E-state index is 11.5. The summed E-state index contributed by atoms with van der Waals surface area (Å²) in [6, 6.07) is 8.36. The van der Waals surface area contributed by atoms with Crippen molar-refractivity contribution in [3.8, 4) is 0 Å². The largest absolute Gasteiger partial charge is 0.278 e. The molecule has 0 spiro atoms. The summed E-state index contributed by atoms with van der Waals surface area (Å²) in [5.74, 6) is 0.788. The standard InChI is InChI=1S/C19H18N4O3S/c1-13(2)17-11-20-7-6-16(17)18(19-21-8-9-22(19)12-24)27-15-5-3-4-14(10-15)23(25)26/h3-13,18H,1-2H3. The molecule has 0 radical (unpaired) electrons. The van der Waals surface area contributed by atoms with Crippen molar-refractivity contribution in [3.05, 3.63) is 82.2 Å². The van der Waals surface area contributed by atoms with E-state index in [1.54, 1.807) is 24.7 Å². The van der Waals surface area contributed by atoms with E-state index in [0.29, 0.717) is 12.2 Å². The maximum absolute atomic E-state index is 11.5. The Hall–Kier alpha value is -3.00. The van der Waals surface area contributed by atoms with E-state index in [0.717, 1.165) is 16.0 Å². The summed E-state index contributed by atoms with van der Waals surface area (Å²) in [6.07, 6.45) is 7.39. The quantitative estimate of drug-likeness (QED) is 0.263. The van der Waals surface area contributed by atoms with Gasteiger partial charge in [0.15, 0.2) is 0 Å². The Balaban J connectivity index is 2.11. The van der Waals surface area contributed by atoms with Crippen LogP contribution in [-0.2, 0) is 4.79 Å². The first kappa shape index (κ1) is 18.8. The van der Waals surface area contributed by atoms with Gasteiger partial charge in [-0.15, -0.1) is 11.8 Å². The highest BCUT2D eigenvalue weighted by Crippen LogP contribution is 2.42. The molecule has 0 amide bonds. The van der Waals surface area contributed by atoms with Gasteiger partial charge in [0.2, 0.25) is 6.41 Å². The molecule has 1 atom stereocenters. The topological polar surface area (TPSA) is 90.9 Å². The van der Waals surface area contributed by atoms with Crippen molar-refractivity contribution < 1.29 is 9.72 Å². The van der Waals surface area contributed by atoms with Crippen LogP contribution in [0.5, 0.6) is 0 Å². The molecular weight excluding hydrogens is 364 g/mol. The van der Waals surface area contributed by atoms with Gasteiger partial charge in [-0.3, -0.25) is 24.5 Å². The van der Waals surface area contributed by atoms with Crippen molar-refractivity contribution >= 4 is 23.9 Å². The number of thioether (sulfide) groups is 1. The molecule has 0 fully saturated rings. The van der Waals surface area contributed by atoms with Crippen molar-refractivity contribution in [1.82, 2.24) is 14.5 Å². The number of imidazole rings is 1. The minimum absolute atomic E-state index is 0.0243. The van der Waals surface area contributed by atoms with Crippen LogP contribution in [0, 0.1) is 10.1 Å². The highest BCUT2D eigenvalue weighted by molar-refractivity contribution is 7.99. The summed E-state index contributed by atoms with van der Waals surface area (Å²) in [5.41, 5.74) is 2.04. The van der Waals surface area contributed by atoms with Gasteiger partial charge in [0.05, 0.1) is 10.2 Å². The van der Waals surface area contributed by atoms with Crippen LogP contribution < -0.4 is 0 Å². The van der Waals surface area contributed by atoms with E-state index in [1.807, 2.05) is 18.3 Å². The first-order valence-electron chi connectivity index (χ1n) is 8.34. The second-order valence-electron chi connectivity index (χ2n) is 6.21. The van der Waals surface area contributed by atoms with Crippen LogP contribution in [-0.4, -0.2) is 25.9 Å². The number of carbonyl (C=O) groups excluding carboxylic acids is 1. The number of hydrogen-bond acceptors (Lipinski definition) is 6. The summed E-state index contributed by atoms with van der Waals surface area (Å²) < 4.78 is 1.43. The number of nitro benzene ring substituents is 1. The van der Waals surface area contributed by atoms with Crippen LogP contribution >= 0.6 is 11.8 Å². The number of aromatic nitrogens is 3. The molecule has 27 heavy (non-hydrogen) atoms. The summed E-state index contributed by atoms with van der Waals surface area (Å²) in [5, 5.41) is 10.8. The highest BCUT2D eigenvalue weighted by atomic mass is 32.2. The average molecular weight is 382 g/mol. The zero-order valence-corrected chi connectivity index (χ0v) is 15.7. The highest BCUT2D eigenvalue weighted by Gasteiger charge is 2.25. The van der Waals surface area contributed by atoms with Crippen molar-refractivity contribution in [2.75, 3.05) is 0 Å². The number of carbonyl (C=O) groups is 1. The zero-order chi connectivity index (χ0) is 19.4. The van der Waals surface area contributed by atoms with Gasteiger partial charge in [-0.2, -0.15) is 0 Å². The number of pyridine rings is 1. The molecule has 3 rings (SSSR count). The maximum Gasteiger partial charge on any atom is 0.270 e. The molecule has 7 nitrogen and oxygen atoms in total. The Labute approximate surface area is 160 Å². The molecule has 0 bridgehead atoms. The fourth-order valence-corrected chi connectivity index (χ4v) is 4.06. The smallest absolute Gasteiger partial charge is 0.270 e. The predicted molar refractivity (Wildman–Crippen MR) is 103 cm³/mol. The fourth-order valence-electron chi connectivity index (χ4n) is 2.82. The van der Waals surface area contributed by atoms with E-state index in [-0.39, 0.29) is 16.9 Å². The molecule has 1 unspecified atom stereocenters. The van der Waals surface area contributed by atoms with Crippen LogP contribution in [0.15, 0.2) is 60.0 Å². The molecule has 138 valence electrons. The van der Waals surface area contributed by atoms with Gasteiger partial charge in [0.1, 0.15) is 5.82 Å². The van der Waals surface area contributed by atoms with Crippen LogP contribution in [0.2, 0.25) is 0 Å². The average Bonchev–Trinajstić information content (AvgIpc) is 3.14. The first-order valence-corrected chi connectivity index (χ1v) is 9.22. The van der Waals surface area contributed by atoms with Crippen LogP contribution in [0.3, 0.4) is 0 Å². The molecule has 1 aromatic carbocycles. The minimum Gasteiger partial charge on any atom is -0.278 e. The van der Waals surface area contributed by atoms with Gasteiger partial charge in [-0.1, -0.05) is 19.9 Å². The van der Waals surface area contributed by atoms with E-state index in [4.69, 9.17) is 0 Å². The lowest BCUT2D eigenvalue weighted by atomic mass is 9.97. The van der Waals surface area contributed by atoms with E-state index in [2.05, 4.69) is 23.8 Å². The van der Waals surface area contributed by atoms with Gasteiger partial charge in [-0.05, 0) is 29.2 Å². The lowest BCUT2D eigenvalue weighted by Gasteiger charge is -2.21. The fraction of sp³-hybridized carbons (Fsp3) is 0.211. The third kappa shape index (κ3) is 4.06. The lowest BCUT2D eigenvalue weighted by molar-refractivity contribution is -0.385. The monoisotopic (exact) mass is 382 g/mol. The van der Waals surface area contributed by atoms with Gasteiger partial charge in [0.25, 0.3) is 5.69 Å². The third-order valence-electron chi connectivity index (χ3n) is 4.12. The van der Waals surface area contributed by atoms with Gasteiger partial charge >= 0.3 is 0 Å². The summed E-state index contributed by atoms with van der Waals surface area (Å²) in [6.45, 7) is 4.14. The van der Waals surface area contributed by atoms with Gasteiger partial charge in [-0.25, -0.2) is 4.98 Å². The predicted octanol–water partition coefficient (Wildman–Crippen LogP) is 4.23. The Bertz CT molecular complexity index is 971. The number of benzene rings is 1. The van der Waals surface area contributed by atoms with Crippen LogP contribution in [0.4, 0.5) is 5.69 Å². The number of non-ortho nitro benzene ring substituents is 1. The molecule has 8 heteroatoms. The lowest BCUT2D eigenvalue weighted by Crippen LogP contribution is -2.10. The molecule has 3 aromatic rings. The number of nitrogens with zero attached hydrogens (tertiary/aromatic N) is 4. The first-order chi connectivity index (χ1) is 13.0. The number of nitro groups is 1. The van der Waals surface area contributed by atoms with Crippen LogP contribution in [0.1, 0.15) is 42.0 Å². The van der Waals surface area contributed by atoms with Gasteiger partial charge < -0.3 is 0 Å². The Morgan fingerprint density at radius 2 is 2.04 bits per heavy atom. The molecule has 0 aliphatic rings. The van der Waals surface area contributed by atoms with Crippen molar-refractivity contribution in [2.24, 2.45) is 0 Å². The molecule has 0 aliphatic carbocycles. The summed E-state index contributed by atoms with van der Waals surface area (Å²) in [7, 11) is 0. The molecule has 2 heterocycles. The van der Waals surface area contributed by atoms with Crippen LogP contribution in [0.25, 0.3) is 0 Å². The molecular formula is C19H18N4O3S. The summed E-state index contributed by atoms with van der Waals surface area (Å²) in [4.78, 5) is 31.5. The normalized spacial score (nSPS) is 12.1. The molecule has 0 saturated carbocycles. The Kier molecular flexibility index (Phi) is 5.66. The molecule has 0 aliphatic heterocycles. The Morgan fingerprint density at radius 3 is 2.74 bits per heavy atom. The number of rotatable bonds is 7. The van der Waals surface area contributed by atoms with E-state index in [1.165, 1.54) is 28.5 Å². The third-order valence-corrected chi connectivity index (χ3v) is 5.35. The van der Waals surface area contributed by atoms with Crippen molar-refractivity contribution in [1.29, 1.82) is 0 Å². The van der Waals surface area contributed by atoms with E-state index in [9.17, 15) is 14.9 Å². The van der Waals surface area contributed by atoms with Crippen molar-refractivity contribution in [3.63, 3.8) is 0 Å². The van der Waals surface area contributed by atoms with E-state index < -0.39 is 4.92 Å². The Morgan fingerprint density at radius 1 is 1.22 bits per heavy atom. The molecule has 0 N–H and O–H groups in total. The zero-order valence-electron chi connectivity index (χ0n) is 14.9. The van der Waals surface area contributed by atoms with Gasteiger partial charge in [0, 0.05) is 41.8 Å². The second kappa shape index (κ2) is 8.13. The van der Waals surface area contributed by atoms with E-state index >= 15 is 0 Å².